The summed E-state index contributed by atoms with van der Waals surface area (Å²) in [5.41, 5.74) is 0.950. The van der Waals surface area contributed by atoms with E-state index in [1.54, 1.807) is 30.8 Å². The molecule has 1 aliphatic rings. The van der Waals surface area contributed by atoms with Gasteiger partial charge in [0.25, 0.3) is 5.91 Å². The molecule has 11 nitrogen and oxygen atoms in total. The number of carbonyl (C=O) groups is 4. The van der Waals surface area contributed by atoms with E-state index in [-0.39, 0.29) is 42.8 Å². The molecule has 45 heavy (non-hydrogen) atoms. The number of carbonyl (C=O) groups excluding carboxylic acids is 4. The Morgan fingerprint density at radius 2 is 1.71 bits per heavy atom. The van der Waals surface area contributed by atoms with Crippen LogP contribution in [0.15, 0.2) is 59.5 Å². The van der Waals surface area contributed by atoms with Gasteiger partial charge < -0.3 is 15.5 Å². The van der Waals surface area contributed by atoms with Gasteiger partial charge >= 0.3 is 0 Å². The molecule has 2 aromatic carbocycles. The van der Waals surface area contributed by atoms with Gasteiger partial charge in [-0.05, 0) is 83.0 Å². The van der Waals surface area contributed by atoms with E-state index in [2.05, 4.69) is 10.6 Å². The second-order valence-corrected chi connectivity index (χ2v) is 13.5. The van der Waals surface area contributed by atoms with Crippen molar-refractivity contribution in [3.63, 3.8) is 0 Å². The van der Waals surface area contributed by atoms with Crippen LogP contribution in [0, 0.1) is 5.82 Å². The van der Waals surface area contributed by atoms with Crippen molar-refractivity contribution in [2.24, 2.45) is 0 Å². The van der Waals surface area contributed by atoms with Crippen molar-refractivity contribution in [3.8, 4) is 0 Å². The number of rotatable bonds is 16. The zero-order chi connectivity index (χ0) is 33.1. The van der Waals surface area contributed by atoms with Crippen molar-refractivity contribution in [3.05, 3.63) is 66.0 Å². The first kappa shape index (κ1) is 35.8. The summed E-state index contributed by atoms with van der Waals surface area (Å²) in [6.45, 7) is 3.60. The summed E-state index contributed by atoms with van der Waals surface area (Å²) in [4.78, 5) is 53.2. The smallest absolute Gasteiger partial charge is 0.287 e. The van der Waals surface area contributed by atoms with Gasteiger partial charge in [0.15, 0.2) is 0 Å². The number of halogens is 1. The highest BCUT2D eigenvalue weighted by atomic mass is 32.2. The summed E-state index contributed by atoms with van der Waals surface area (Å²) in [6.07, 6.45) is 2.19. The summed E-state index contributed by atoms with van der Waals surface area (Å²) < 4.78 is 42.6. The molecule has 3 amide bonds. The van der Waals surface area contributed by atoms with Crippen LogP contribution in [0.2, 0.25) is 0 Å². The number of ketones is 1. The van der Waals surface area contributed by atoms with Gasteiger partial charge in [0.05, 0.1) is 10.9 Å². The van der Waals surface area contributed by atoms with E-state index in [0.717, 1.165) is 24.6 Å². The molecule has 1 heterocycles. The molecule has 0 unspecified atom stereocenters. The van der Waals surface area contributed by atoms with Crippen molar-refractivity contribution in [1.82, 2.24) is 24.7 Å². The highest BCUT2D eigenvalue weighted by Crippen LogP contribution is 2.24. The maximum absolute atomic E-state index is 14.0. The molecular weight excluding hydrogens is 601 g/mol. The Labute approximate surface area is 265 Å². The van der Waals surface area contributed by atoms with Gasteiger partial charge in [-0.15, -0.1) is 0 Å². The van der Waals surface area contributed by atoms with E-state index in [0.29, 0.717) is 32.2 Å². The fourth-order valence-corrected chi connectivity index (χ4v) is 6.61. The minimum Gasteiger partial charge on any atom is -0.350 e. The average Bonchev–Trinajstić information content (AvgIpc) is 3.48. The largest absolute Gasteiger partial charge is 0.350 e. The third-order valence-corrected chi connectivity index (χ3v) is 9.94. The van der Waals surface area contributed by atoms with Gasteiger partial charge in [-0.3, -0.25) is 24.1 Å². The van der Waals surface area contributed by atoms with Crippen LogP contribution >= 0.6 is 0 Å². The van der Waals surface area contributed by atoms with E-state index in [1.807, 2.05) is 30.3 Å². The van der Waals surface area contributed by atoms with Gasteiger partial charge in [0, 0.05) is 39.1 Å². The Morgan fingerprint density at radius 1 is 1.04 bits per heavy atom. The lowest BCUT2D eigenvalue weighted by Gasteiger charge is -2.33. The van der Waals surface area contributed by atoms with Crippen molar-refractivity contribution in [2.45, 2.75) is 69.0 Å². The first-order valence-electron chi connectivity index (χ1n) is 15.2. The van der Waals surface area contributed by atoms with Crippen LogP contribution in [0.5, 0.6) is 0 Å². The summed E-state index contributed by atoms with van der Waals surface area (Å²) in [5.74, 6) is -2.57. The lowest BCUT2D eigenvalue weighted by molar-refractivity contribution is -0.138. The molecule has 3 rings (SSSR count). The predicted octanol–water partition coefficient (Wildman–Crippen LogP) is 1.97. The van der Waals surface area contributed by atoms with Crippen LogP contribution in [-0.2, 0) is 35.6 Å². The topological polar surface area (TPSA) is 136 Å². The first-order valence-corrected chi connectivity index (χ1v) is 16.6. The van der Waals surface area contributed by atoms with Crippen LogP contribution < -0.4 is 10.6 Å². The summed E-state index contributed by atoms with van der Waals surface area (Å²) >= 11 is 0. The third-order valence-electron chi connectivity index (χ3n) is 8.06. The normalized spacial score (nSPS) is 16.4. The van der Waals surface area contributed by atoms with Crippen LogP contribution in [0.25, 0.3) is 0 Å². The van der Waals surface area contributed by atoms with Crippen molar-refractivity contribution in [1.29, 1.82) is 0 Å². The number of nitrogens with one attached hydrogen (secondary N) is 2. The zero-order valence-electron chi connectivity index (χ0n) is 26.4. The molecule has 3 atom stereocenters. The second kappa shape index (κ2) is 16.6. The Morgan fingerprint density at radius 3 is 2.33 bits per heavy atom. The molecule has 1 aliphatic heterocycles. The van der Waals surface area contributed by atoms with E-state index < -0.39 is 45.7 Å². The number of sulfonamides is 1. The Balaban J connectivity index is 1.82. The maximum atomic E-state index is 14.0. The lowest BCUT2D eigenvalue weighted by atomic mass is 10.1. The summed E-state index contributed by atoms with van der Waals surface area (Å²) in [5, 5.41) is 5.36. The van der Waals surface area contributed by atoms with Gasteiger partial charge in [-0.25, -0.2) is 12.8 Å². The highest BCUT2D eigenvalue weighted by Gasteiger charge is 2.37. The van der Waals surface area contributed by atoms with E-state index >= 15 is 0 Å². The molecule has 0 aromatic heterocycles. The van der Waals surface area contributed by atoms with E-state index in [1.165, 1.54) is 16.4 Å². The third kappa shape index (κ3) is 10.2. The molecule has 1 fully saturated rings. The SMILES string of the molecule is CC(=O)C(=O)NCCC[C@H](NC(=O)[C@H](C)N(C)C)C(=O)N1CCC[C@H]1CN(CCc1ccccc1)S(=O)(=O)c1ccc(F)cc1. The molecule has 13 heteroatoms. The summed E-state index contributed by atoms with van der Waals surface area (Å²) in [6, 6.07) is 12.3. The fraction of sp³-hybridized carbons (Fsp3) is 0.500. The number of likely N-dealkylation sites (N-methyl/N-ethyl adjacent to an activating group) is 1. The van der Waals surface area contributed by atoms with Gasteiger partial charge in [-0.1, -0.05) is 30.3 Å². The minimum atomic E-state index is -4.03. The summed E-state index contributed by atoms with van der Waals surface area (Å²) in [7, 11) is -0.531. The van der Waals surface area contributed by atoms with E-state index in [4.69, 9.17) is 0 Å². The molecule has 2 aromatic rings. The number of likely N-dealkylation sites (tertiary alicyclic amines) is 1. The molecule has 0 bridgehead atoms. The molecule has 0 spiro atoms. The van der Waals surface area contributed by atoms with Crippen LogP contribution in [0.1, 0.15) is 45.1 Å². The van der Waals surface area contributed by atoms with Crippen LogP contribution in [-0.4, -0.2) is 104 Å². The molecule has 1 saturated heterocycles. The quantitative estimate of drug-likeness (QED) is 0.211. The maximum Gasteiger partial charge on any atom is 0.287 e. The highest BCUT2D eigenvalue weighted by molar-refractivity contribution is 7.89. The number of hydrogen-bond donors (Lipinski definition) is 2. The standard InChI is InChI=1S/C32H44FN5O6S/c1-23(36(3)4)30(40)35-29(13-8-19-34-31(41)24(2)39)32(42)38-20-9-12-27(38)22-37(21-18-25-10-6-5-7-11-25)45(43,44)28-16-14-26(33)15-17-28/h5-7,10-11,14-17,23,27,29H,8-9,12-13,18-22H2,1-4H3,(H,34,41)(H,35,40)/t23-,27-,29-/m0/s1. The Kier molecular flexibility index (Phi) is 13.2. The molecule has 0 saturated carbocycles. The van der Waals surface area contributed by atoms with Gasteiger partial charge in [-0.2, -0.15) is 4.31 Å². The molecular formula is C32H44FN5O6S. The zero-order valence-corrected chi connectivity index (χ0v) is 27.2. The molecule has 2 N–H and O–H groups in total. The number of amides is 3. The van der Waals surface area contributed by atoms with E-state index in [9.17, 15) is 32.0 Å². The number of nitrogens with zero attached hydrogens (tertiary/aromatic N) is 3. The van der Waals surface area contributed by atoms with Gasteiger partial charge in [0.2, 0.25) is 27.6 Å². The first-order chi connectivity index (χ1) is 21.3. The minimum absolute atomic E-state index is 0.0295. The van der Waals surface area contributed by atoms with Crippen molar-refractivity contribution in [2.75, 3.05) is 40.3 Å². The second-order valence-electron chi connectivity index (χ2n) is 11.5. The predicted molar refractivity (Wildman–Crippen MR) is 168 cm³/mol. The van der Waals surface area contributed by atoms with Gasteiger partial charge in [0.1, 0.15) is 11.9 Å². The molecule has 0 radical (unpaired) electrons. The number of Topliss-reactive ketones (excluding diaryl/α,β-unsaturated/α-hetero) is 1. The monoisotopic (exact) mass is 645 g/mol. The van der Waals surface area contributed by atoms with Crippen molar-refractivity contribution >= 4 is 33.5 Å². The van der Waals surface area contributed by atoms with Crippen LogP contribution in [0.3, 0.4) is 0 Å². The lowest BCUT2D eigenvalue weighted by Crippen LogP contribution is -2.55. The Bertz CT molecular complexity index is 1420. The number of benzene rings is 2. The average molecular weight is 646 g/mol. The fourth-order valence-electron chi connectivity index (χ4n) is 5.13. The Hall–Kier alpha value is -3.68. The number of hydrogen-bond acceptors (Lipinski definition) is 7. The van der Waals surface area contributed by atoms with Crippen molar-refractivity contribution < 1.29 is 32.0 Å². The molecule has 0 aliphatic carbocycles. The molecule has 246 valence electrons. The van der Waals surface area contributed by atoms with Crippen LogP contribution in [0.4, 0.5) is 4.39 Å².